The van der Waals surface area contributed by atoms with Crippen molar-refractivity contribution in [1.29, 1.82) is 0 Å². The first-order valence-corrected chi connectivity index (χ1v) is 11.0. The van der Waals surface area contributed by atoms with Crippen molar-refractivity contribution in [2.45, 2.75) is 32.8 Å². The fraction of sp³-hybridized carbons (Fsp3) is 0.478. The molecule has 34 heavy (non-hydrogen) atoms. The first kappa shape index (κ1) is 24.9. The number of imide groups is 1. The van der Waals surface area contributed by atoms with Gasteiger partial charge < -0.3 is 24.2 Å². The number of aryl methyl sites for hydroxylation is 1. The highest BCUT2D eigenvalue weighted by Crippen LogP contribution is 2.33. The Hall–Kier alpha value is -3.76. The van der Waals surface area contributed by atoms with Crippen molar-refractivity contribution in [2.75, 3.05) is 42.5 Å². The largest absolute Gasteiger partial charge is 0.483 e. The van der Waals surface area contributed by atoms with Gasteiger partial charge in [0.05, 0.1) is 11.2 Å². The molecule has 2 aliphatic heterocycles. The van der Waals surface area contributed by atoms with E-state index in [1.165, 1.54) is 0 Å². The number of amides is 4. The van der Waals surface area contributed by atoms with Gasteiger partial charge in [-0.2, -0.15) is 0 Å². The van der Waals surface area contributed by atoms with E-state index in [4.69, 9.17) is 14.6 Å². The van der Waals surface area contributed by atoms with Gasteiger partial charge in [0.25, 0.3) is 6.47 Å². The minimum atomic E-state index is -0.508. The van der Waals surface area contributed by atoms with Crippen LogP contribution in [0, 0.1) is 0 Å². The summed E-state index contributed by atoms with van der Waals surface area (Å²) in [7, 11) is 1.99. The van der Waals surface area contributed by atoms with Crippen molar-refractivity contribution < 1.29 is 29.0 Å². The molecule has 1 aromatic carbocycles. The molecule has 0 spiro atoms. The molecular weight excluding hydrogens is 442 g/mol. The minimum Gasteiger partial charge on any atom is -0.483 e. The molecule has 2 saturated heterocycles. The predicted molar refractivity (Wildman–Crippen MR) is 127 cm³/mol. The molecule has 11 heteroatoms. The number of anilines is 2. The summed E-state index contributed by atoms with van der Waals surface area (Å²) in [6.45, 7) is 8.28. The zero-order valence-corrected chi connectivity index (χ0v) is 19.9. The summed E-state index contributed by atoms with van der Waals surface area (Å²) in [5.74, 6) is -0.245. The van der Waals surface area contributed by atoms with E-state index >= 15 is 0 Å². The zero-order valence-electron chi connectivity index (χ0n) is 19.9. The van der Waals surface area contributed by atoms with Crippen molar-refractivity contribution in [3.05, 3.63) is 24.4 Å². The van der Waals surface area contributed by atoms with Crippen molar-refractivity contribution in [3.8, 4) is 0 Å². The van der Waals surface area contributed by atoms with E-state index in [2.05, 4.69) is 21.0 Å². The number of urea groups is 1. The Balaban J connectivity index is 0.00000103. The molecule has 4 rings (SSSR count). The van der Waals surface area contributed by atoms with Gasteiger partial charge in [0.2, 0.25) is 5.91 Å². The van der Waals surface area contributed by atoms with Crippen LogP contribution in [0.25, 0.3) is 10.9 Å². The van der Waals surface area contributed by atoms with Crippen LogP contribution in [0.4, 0.5) is 21.0 Å². The fourth-order valence-corrected chi connectivity index (χ4v) is 4.05. The van der Waals surface area contributed by atoms with Gasteiger partial charge in [-0.3, -0.25) is 19.8 Å². The summed E-state index contributed by atoms with van der Waals surface area (Å²) >= 11 is 0. The fourth-order valence-electron chi connectivity index (χ4n) is 4.05. The van der Waals surface area contributed by atoms with Gasteiger partial charge in [-0.05, 0) is 39.0 Å². The third-order valence-corrected chi connectivity index (χ3v) is 5.59. The van der Waals surface area contributed by atoms with E-state index in [-0.39, 0.29) is 30.9 Å². The Morgan fingerprint density at radius 1 is 1.12 bits per heavy atom. The number of ether oxygens (including phenoxy) is 1. The average molecular weight is 474 g/mol. The van der Waals surface area contributed by atoms with E-state index in [9.17, 15) is 14.4 Å². The molecule has 0 aliphatic carbocycles. The Bertz CT molecular complexity index is 1080. The van der Waals surface area contributed by atoms with Crippen LogP contribution < -0.4 is 15.1 Å². The molecular formula is C23H31N5O6. The molecule has 2 aliphatic rings. The lowest BCUT2D eigenvalue weighted by atomic mass is 10.1. The summed E-state index contributed by atoms with van der Waals surface area (Å²) < 4.78 is 7.55. The number of nitrogens with zero attached hydrogens (tertiary/aromatic N) is 4. The number of piperazine rings is 1. The second-order valence-electron chi connectivity index (χ2n) is 9.14. The molecule has 11 nitrogen and oxygen atoms in total. The third-order valence-electron chi connectivity index (χ3n) is 5.59. The first-order chi connectivity index (χ1) is 16.0. The molecule has 3 heterocycles. The normalized spacial score (nSPS) is 16.6. The van der Waals surface area contributed by atoms with Crippen LogP contribution in [-0.4, -0.2) is 77.4 Å². The zero-order chi connectivity index (χ0) is 25.0. The van der Waals surface area contributed by atoms with Crippen LogP contribution in [0.5, 0.6) is 0 Å². The number of aromatic nitrogens is 1. The highest BCUT2D eigenvalue weighted by molar-refractivity contribution is 6.07. The third kappa shape index (κ3) is 5.59. The van der Waals surface area contributed by atoms with Gasteiger partial charge >= 0.3 is 12.1 Å². The number of rotatable bonds is 2. The van der Waals surface area contributed by atoms with Gasteiger partial charge in [-0.25, -0.2) is 9.59 Å². The van der Waals surface area contributed by atoms with Gasteiger partial charge in [0.15, 0.2) is 0 Å². The van der Waals surface area contributed by atoms with Crippen LogP contribution in [0.3, 0.4) is 0 Å². The minimum absolute atomic E-state index is 0.245. The summed E-state index contributed by atoms with van der Waals surface area (Å²) in [5.41, 5.74) is 2.38. The molecule has 2 fully saturated rings. The SMILES string of the molecule is Cn1cc(N2CCN(C(=O)OC(C)(C)C)CC2)c2cc(N3CCC(=O)NC3=O)ccc21.O=CO. The Morgan fingerprint density at radius 3 is 2.35 bits per heavy atom. The molecule has 0 atom stereocenters. The molecule has 1 aromatic heterocycles. The quantitative estimate of drug-likeness (QED) is 0.642. The van der Waals surface area contributed by atoms with Gasteiger partial charge in [0, 0.05) is 63.5 Å². The van der Waals surface area contributed by atoms with Crippen LogP contribution in [-0.2, 0) is 21.4 Å². The standard InChI is InChI=1S/C22H29N5O4.CH2O2/c1-22(2,3)31-21(30)26-11-9-25(10-12-26)18-14-24(4)17-6-5-15(13-16(17)18)27-8-7-19(28)23-20(27)29;2-1-3/h5-6,13-14H,7-12H2,1-4H3,(H,23,28,29);1H,(H,2,3). The van der Waals surface area contributed by atoms with Crippen LogP contribution in [0.1, 0.15) is 27.2 Å². The average Bonchev–Trinajstić information content (AvgIpc) is 3.09. The Kier molecular flexibility index (Phi) is 7.33. The number of benzene rings is 1. The van der Waals surface area contributed by atoms with Gasteiger partial charge in [0.1, 0.15) is 5.60 Å². The molecule has 4 amide bonds. The molecule has 0 radical (unpaired) electrons. The lowest BCUT2D eigenvalue weighted by Crippen LogP contribution is -2.50. The van der Waals surface area contributed by atoms with E-state index in [0.29, 0.717) is 32.7 Å². The number of carbonyl (C=O) groups excluding carboxylic acids is 3. The molecule has 0 unspecified atom stereocenters. The van der Waals surface area contributed by atoms with Crippen LogP contribution >= 0.6 is 0 Å². The Morgan fingerprint density at radius 2 is 1.76 bits per heavy atom. The van der Waals surface area contributed by atoms with E-state index < -0.39 is 5.60 Å². The van der Waals surface area contributed by atoms with Crippen molar-refractivity contribution in [1.82, 2.24) is 14.8 Å². The number of carbonyl (C=O) groups is 4. The molecule has 0 bridgehead atoms. The van der Waals surface area contributed by atoms with Crippen molar-refractivity contribution in [3.63, 3.8) is 0 Å². The van der Waals surface area contributed by atoms with Gasteiger partial charge in [-0.15, -0.1) is 0 Å². The number of fused-ring (bicyclic) bond motifs is 1. The molecule has 184 valence electrons. The maximum Gasteiger partial charge on any atom is 0.410 e. The summed E-state index contributed by atoms with van der Waals surface area (Å²) in [6.07, 6.45) is 2.09. The number of hydrogen-bond acceptors (Lipinski definition) is 6. The lowest BCUT2D eigenvalue weighted by molar-refractivity contribution is -0.123. The highest BCUT2D eigenvalue weighted by Gasteiger charge is 2.28. The van der Waals surface area contributed by atoms with Crippen LogP contribution in [0.2, 0.25) is 0 Å². The second kappa shape index (κ2) is 10.0. The van der Waals surface area contributed by atoms with Gasteiger partial charge in [-0.1, -0.05) is 0 Å². The topological polar surface area (TPSA) is 124 Å². The van der Waals surface area contributed by atoms with E-state index in [1.807, 2.05) is 46.0 Å². The van der Waals surface area contributed by atoms with Crippen molar-refractivity contribution >= 4 is 46.8 Å². The maximum atomic E-state index is 12.4. The number of hydrogen-bond donors (Lipinski definition) is 2. The summed E-state index contributed by atoms with van der Waals surface area (Å²) in [6, 6.07) is 5.51. The first-order valence-electron chi connectivity index (χ1n) is 11.0. The maximum absolute atomic E-state index is 12.4. The summed E-state index contributed by atoms with van der Waals surface area (Å²) in [5, 5.41) is 10.3. The molecule has 0 saturated carbocycles. The highest BCUT2D eigenvalue weighted by atomic mass is 16.6. The van der Waals surface area contributed by atoms with E-state index in [0.717, 1.165) is 22.3 Å². The predicted octanol–water partition coefficient (Wildman–Crippen LogP) is 2.38. The monoisotopic (exact) mass is 473 g/mol. The molecule has 2 aromatic rings. The smallest absolute Gasteiger partial charge is 0.410 e. The van der Waals surface area contributed by atoms with Crippen LogP contribution in [0.15, 0.2) is 24.4 Å². The summed E-state index contributed by atoms with van der Waals surface area (Å²) in [4.78, 5) is 50.1. The molecule has 2 N–H and O–H groups in total. The van der Waals surface area contributed by atoms with Crippen molar-refractivity contribution in [2.24, 2.45) is 7.05 Å². The number of nitrogens with one attached hydrogen (secondary N) is 1. The van der Waals surface area contributed by atoms with E-state index in [1.54, 1.807) is 9.80 Å². The lowest BCUT2D eigenvalue weighted by Gasteiger charge is -2.36. The Labute approximate surface area is 197 Å². The second-order valence-corrected chi connectivity index (χ2v) is 9.14. The number of carboxylic acid groups (broad SMARTS) is 1.